The van der Waals surface area contributed by atoms with E-state index in [0.29, 0.717) is 31.5 Å². The third kappa shape index (κ3) is 4.07. The summed E-state index contributed by atoms with van der Waals surface area (Å²) in [6, 6.07) is 10.1. The van der Waals surface area contributed by atoms with Gasteiger partial charge in [0.1, 0.15) is 0 Å². The number of piperazine rings is 1. The lowest BCUT2D eigenvalue weighted by atomic mass is 10.0. The van der Waals surface area contributed by atoms with E-state index in [0.717, 1.165) is 44.7 Å². The van der Waals surface area contributed by atoms with Crippen molar-refractivity contribution >= 4 is 22.8 Å². The Morgan fingerprint density at radius 3 is 2.81 bits per heavy atom. The number of rotatable bonds is 5. The number of nitrogens with one attached hydrogen (secondary N) is 1. The molecule has 0 atom stereocenters. The second-order valence-corrected chi connectivity index (χ2v) is 8.08. The fourth-order valence-corrected chi connectivity index (χ4v) is 4.49. The predicted molar refractivity (Wildman–Crippen MR) is 119 cm³/mol. The zero-order chi connectivity index (χ0) is 21.2. The van der Waals surface area contributed by atoms with E-state index in [1.54, 1.807) is 12.3 Å². The highest BCUT2D eigenvalue weighted by atomic mass is 16.5. The van der Waals surface area contributed by atoms with Crippen molar-refractivity contribution in [2.45, 2.75) is 19.9 Å². The molecule has 1 N–H and O–H groups in total. The van der Waals surface area contributed by atoms with E-state index >= 15 is 0 Å². The Hall–Kier alpha value is -3.13. The van der Waals surface area contributed by atoms with Gasteiger partial charge in [0.05, 0.1) is 13.2 Å². The van der Waals surface area contributed by atoms with E-state index in [1.807, 2.05) is 17.9 Å². The molecule has 0 unspecified atom stereocenters. The lowest BCUT2D eigenvalue weighted by Gasteiger charge is -2.36. The summed E-state index contributed by atoms with van der Waals surface area (Å²) in [4.78, 5) is 31.8. The van der Waals surface area contributed by atoms with Gasteiger partial charge in [-0.05, 0) is 13.0 Å². The average molecular weight is 421 g/mol. The van der Waals surface area contributed by atoms with Gasteiger partial charge in [0, 0.05) is 80.1 Å². The number of fused-ring (bicyclic) bond motifs is 3. The van der Waals surface area contributed by atoms with Crippen LogP contribution in [0.4, 0.5) is 5.95 Å². The second kappa shape index (κ2) is 8.55. The molecule has 0 saturated carbocycles. The number of para-hydroxylation sites is 1. The number of amides is 1. The van der Waals surface area contributed by atoms with Crippen molar-refractivity contribution in [3.05, 3.63) is 47.8 Å². The monoisotopic (exact) mass is 420 g/mol. The lowest BCUT2D eigenvalue weighted by Crippen LogP contribution is -2.51. The summed E-state index contributed by atoms with van der Waals surface area (Å²) >= 11 is 0. The Balaban J connectivity index is 1.17. The van der Waals surface area contributed by atoms with Crippen LogP contribution in [0.25, 0.3) is 10.9 Å². The van der Waals surface area contributed by atoms with Crippen LogP contribution in [-0.2, 0) is 17.8 Å². The molecule has 8 heteroatoms. The fraction of sp³-hybridized carbons (Fsp3) is 0.435. The maximum Gasteiger partial charge on any atom is 0.237 e. The van der Waals surface area contributed by atoms with Gasteiger partial charge >= 0.3 is 0 Å². The number of nitrogens with zero attached hydrogens (tertiary/aromatic N) is 5. The van der Waals surface area contributed by atoms with Crippen molar-refractivity contribution in [3.63, 3.8) is 0 Å². The van der Waals surface area contributed by atoms with Crippen LogP contribution < -0.4 is 9.64 Å². The first-order valence-electron chi connectivity index (χ1n) is 11.0. The molecular weight excluding hydrogens is 392 g/mol. The summed E-state index contributed by atoms with van der Waals surface area (Å²) in [6.45, 7) is 7.70. The number of aromatic amines is 1. The van der Waals surface area contributed by atoms with Gasteiger partial charge in [0.15, 0.2) is 0 Å². The van der Waals surface area contributed by atoms with Crippen LogP contribution in [0.5, 0.6) is 5.88 Å². The number of benzene rings is 1. The van der Waals surface area contributed by atoms with Crippen LogP contribution in [0, 0.1) is 0 Å². The summed E-state index contributed by atoms with van der Waals surface area (Å²) < 4.78 is 5.48. The molecule has 1 aromatic carbocycles. The molecule has 3 aromatic rings. The van der Waals surface area contributed by atoms with E-state index in [9.17, 15) is 4.79 Å². The summed E-state index contributed by atoms with van der Waals surface area (Å²) in [5.74, 6) is 1.51. The molecule has 31 heavy (non-hydrogen) atoms. The molecular formula is C23H28N6O2. The molecule has 4 heterocycles. The minimum atomic E-state index is 0.207. The number of anilines is 1. The van der Waals surface area contributed by atoms with Gasteiger partial charge in [0.2, 0.25) is 17.7 Å². The Morgan fingerprint density at radius 2 is 1.97 bits per heavy atom. The van der Waals surface area contributed by atoms with Gasteiger partial charge in [-0.2, -0.15) is 4.98 Å². The maximum atomic E-state index is 13.0. The van der Waals surface area contributed by atoms with Crippen molar-refractivity contribution in [3.8, 4) is 5.88 Å². The average Bonchev–Trinajstić information content (AvgIpc) is 3.18. The first-order chi connectivity index (χ1) is 15.2. The minimum Gasteiger partial charge on any atom is -0.478 e. The largest absolute Gasteiger partial charge is 0.478 e. The summed E-state index contributed by atoms with van der Waals surface area (Å²) in [7, 11) is 0. The molecule has 0 radical (unpaired) electrons. The molecule has 162 valence electrons. The van der Waals surface area contributed by atoms with Crippen LogP contribution in [0.15, 0.2) is 36.5 Å². The Bertz CT molecular complexity index is 1070. The van der Waals surface area contributed by atoms with Gasteiger partial charge in [-0.15, -0.1) is 0 Å². The molecule has 8 nitrogen and oxygen atoms in total. The fourth-order valence-electron chi connectivity index (χ4n) is 4.49. The van der Waals surface area contributed by atoms with Gasteiger partial charge in [-0.3, -0.25) is 9.69 Å². The van der Waals surface area contributed by atoms with Crippen molar-refractivity contribution < 1.29 is 9.53 Å². The summed E-state index contributed by atoms with van der Waals surface area (Å²) in [5, 5.41) is 1.23. The topological polar surface area (TPSA) is 77.6 Å². The van der Waals surface area contributed by atoms with Gasteiger partial charge in [-0.25, -0.2) is 4.98 Å². The SMILES string of the molecule is CCOc1ccnc(N2CCN(CC(=O)N3CCc4[nH]c5ccccc5c4C3)CC2)n1. The highest BCUT2D eigenvalue weighted by Gasteiger charge is 2.27. The van der Waals surface area contributed by atoms with Crippen LogP contribution in [0.2, 0.25) is 0 Å². The van der Waals surface area contributed by atoms with Crippen molar-refractivity contribution in [2.75, 3.05) is 50.8 Å². The van der Waals surface area contributed by atoms with E-state index in [-0.39, 0.29) is 5.91 Å². The Morgan fingerprint density at radius 1 is 1.13 bits per heavy atom. The molecule has 5 rings (SSSR count). The molecule has 0 bridgehead atoms. The van der Waals surface area contributed by atoms with Crippen molar-refractivity contribution in [1.82, 2.24) is 24.8 Å². The molecule has 2 aromatic heterocycles. The van der Waals surface area contributed by atoms with Crippen LogP contribution in [0.3, 0.4) is 0 Å². The first kappa shape index (κ1) is 19.8. The summed E-state index contributed by atoms with van der Waals surface area (Å²) in [6.07, 6.45) is 2.62. The number of carbonyl (C=O) groups is 1. The molecule has 1 amide bonds. The van der Waals surface area contributed by atoms with Gasteiger partial charge < -0.3 is 19.5 Å². The Labute approximate surface area is 181 Å². The normalized spacial score (nSPS) is 17.1. The molecule has 0 spiro atoms. The zero-order valence-corrected chi connectivity index (χ0v) is 17.9. The molecule has 1 fully saturated rings. The minimum absolute atomic E-state index is 0.207. The van der Waals surface area contributed by atoms with E-state index in [1.165, 1.54) is 16.6 Å². The highest BCUT2D eigenvalue weighted by Crippen LogP contribution is 2.27. The van der Waals surface area contributed by atoms with Crippen molar-refractivity contribution in [2.24, 2.45) is 0 Å². The van der Waals surface area contributed by atoms with E-state index in [4.69, 9.17) is 4.74 Å². The summed E-state index contributed by atoms with van der Waals surface area (Å²) in [5.41, 5.74) is 3.70. The van der Waals surface area contributed by atoms with E-state index in [2.05, 4.69) is 43.0 Å². The van der Waals surface area contributed by atoms with Crippen LogP contribution >= 0.6 is 0 Å². The number of hydrogen-bond acceptors (Lipinski definition) is 6. The van der Waals surface area contributed by atoms with Gasteiger partial charge in [-0.1, -0.05) is 18.2 Å². The van der Waals surface area contributed by atoms with E-state index < -0.39 is 0 Å². The molecule has 2 aliphatic rings. The third-order valence-corrected chi connectivity index (χ3v) is 6.16. The lowest BCUT2D eigenvalue weighted by molar-refractivity contribution is -0.133. The molecule has 2 aliphatic heterocycles. The quantitative estimate of drug-likeness (QED) is 0.681. The zero-order valence-electron chi connectivity index (χ0n) is 17.9. The Kier molecular flexibility index (Phi) is 5.46. The van der Waals surface area contributed by atoms with Gasteiger partial charge in [0.25, 0.3) is 0 Å². The standard InChI is InChI=1S/C23H28N6O2/c1-2-31-21-7-9-24-23(26-21)28-13-11-27(12-14-28)16-22(30)29-10-8-20-18(15-29)17-5-3-4-6-19(17)25-20/h3-7,9,25H,2,8,10-16H2,1H3. The van der Waals surface area contributed by atoms with Crippen LogP contribution in [0.1, 0.15) is 18.2 Å². The van der Waals surface area contributed by atoms with Crippen LogP contribution in [-0.4, -0.2) is 76.5 Å². The smallest absolute Gasteiger partial charge is 0.237 e. The first-order valence-corrected chi connectivity index (χ1v) is 11.0. The number of carbonyl (C=O) groups excluding carboxylic acids is 1. The number of ether oxygens (including phenoxy) is 1. The third-order valence-electron chi connectivity index (χ3n) is 6.16. The number of hydrogen-bond donors (Lipinski definition) is 1. The molecule has 0 aliphatic carbocycles. The van der Waals surface area contributed by atoms with Crippen molar-refractivity contribution in [1.29, 1.82) is 0 Å². The predicted octanol–water partition coefficient (Wildman–Crippen LogP) is 2.06. The maximum absolute atomic E-state index is 13.0. The highest BCUT2D eigenvalue weighted by molar-refractivity contribution is 5.86. The number of H-pyrrole nitrogens is 1. The second-order valence-electron chi connectivity index (χ2n) is 8.08. The number of aromatic nitrogens is 3. The molecule has 1 saturated heterocycles.